The van der Waals surface area contributed by atoms with Crippen LogP contribution in [0.4, 0.5) is 10.3 Å². The Hall–Kier alpha value is -3.02. The number of benzene rings is 1. The van der Waals surface area contributed by atoms with Gasteiger partial charge in [-0.05, 0) is 30.7 Å². The number of hydrogen-bond donors (Lipinski definition) is 1. The van der Waals surface area contributed by atoms with Crippen molar-refractivity contribution in [1.82, 2.24) is 25.2 Å². The van der Waals surface area contributed by atoms with Gasteiger partial charge in [0.25, 0.3) is 0 Å². The number of anilines is 1. The standard InChI is InChI=1S/C23H26FN7O.HI/c1-2-25-22(30-11-13-31(14-12-30)23-26-9-4-10-27-23)29-17-18-7-8-21(28-16-18)32-20-6-3-5-19(24)15-20;/h3-10,15-16H,2,11-14,17H2,1H3,(H,25,29);1H. The molecule has 1 aromatic carbocycles. The van der Waals surface area contributed by atoms with Crippen LogP contribution in [0.3, 0.4) is 0 Å². The van der Waals surface area contributed by atoms with E-state index in [1.54, 1.807) is 36.8 Å². The van der Waals surface area contributed by atoms with Gasteiger partial charge >= 0.3 is 0 Å². The fourth-order valence-electron chi connectivity index (χ4n) is 3.38. The molecule has 1 aliphatic rings. The average molecular weight is 563 g/mol. The summed E-state index contributed by atoms with van der Waals surface area (Å²) in [6.07, 6.45) is 5.26. The molecular formula is C23H27FIN7O. The molecule has 8 nitrogen and oxygen atoms in total. The first-order valence-corrected chi connectivity index (χ1v) is 10.6. The number of aliphatic imine (C=N–C) groups is 1. The molecule has 0 aliphatic carbocycles. The molecule has 0 unspecified atom stereocenters. The molecule has 3 heterocycles. The number of halogens is 2. The first-order valence-electron chi connectivity index (χ1n) is 10.6. The van der Waals surface area contributed by atoms with E-state index < -0.39 is 0 Å². The largest absolute Gasteiger partial charge is 0.439 e. The number of nitrogens with zero attached hydrogens (tertiary/aromatic N) is 6. The van der Waals surface area contributed by atoms with E-state index in [9.17, 15) is 4.39 Å². The molecule has 3 aromatic rings. The topological polar surface area (TPSA) is 78.8 Å². The molecule has 0 saturated carbocycles. The lowest BCUT2D eigenvalue weighted by atomic mass is 10.3. The lowest BCUT2D eigenvalue weighted by Gasteiger charge is -2.36. The molecule has 0 radical (unpaired) electrons. The van der Waals surface area contributed by atoms with Gasteiger partial charge < -0.3 is 19.9 Å². The van der Waals surface area contributed by atoms with Crippen LogP contribution in [0.15, 0.2) is 66.0 Å². The van der Waals surface area contributed by atoms with Gasteiger partial charge in [-0.2, -0.15) is 0 Å². The van der Waals surface area contributed by atoms with E-state index >= 15 is 0 Å². The van der Waals surface area contributed by atoms with Gasteiger partial charge in [0.15, 0.2) is 5.96 Å². The highest BCUT2D eigenvalue weighted by molar-refractivity contribution is 14.0. The van der Waals surface area contributed by atoms with Crippen LogP contribution in [0.1, 0.15) is 12.5 Å². The Balaban J connectivity index is 0.00000306. The average Bonchev–Trinajstić information content (AvgIpc) is 2.83. The van der Waals surface area contributed by atoms with Crippen LogP contribution in [-0.4, -0.2) is 58.5 Å². The normalized spacial score (nSPS) is 13.9. The van der Waals surface area contributed by atoms with Gasteiger partial charge in [0.2, 0.25) is 11.8 Å². The lowest BCUT2D eigenvalue weighted by Crippen LogP contribution is -2.52. The van der Waals surface area contributed by atoms with E-state index in [2.05, 4.69) is 37.0 Å². The first-order chi connectivity index (χ1) is 15.7. The number of hydrogen-bond acceptors (Lipinski definition) is 6. The van der Waals surface area contributed by atoms with E-state index in [1.807, 2.05) is 12.1 Å². The maximum atomic E-state index is 13.3. The van der Waals surface area contributed by atoms with Gasteiger partial charge in [-0.25, -0.2) is 24.3 Å². The van der Waals surface area contributed by atoms with E-state index in [-0.39, 0.29) is 29.8 Å². The van der Waals surface area contributed by atoms with Crippen LogP contribution in [0.25, 0.3) is 0 Å². The molecule has 0 atom stereocenters. The second-order valence-electron chi connectivity index (χ2n) is 7.26. The van der Waals surface area contributed by atoms with Crippen LogP contribution in [-0.2, 0) is 6.54 Å². The van der Waals surface area contributed by atoms with E-state index in [1.165, 1.54) is 12.1 Å². The van der Waals surface area contributed by atoms with Crippen molar-refractivity contribution in [2.45, 2.75) is 13.5 Å². The highest BCUT2D eigenvalue weighted by Gasteiger charge is 2.21. The van der Waals surface area contributed by atoms with E-state index in [0.29, 0.717) is 18.2 Å². The number of guanidine groups is 1. The predicted molar refractivity (Wildman–Crippen MR) is 137 cm³/mol. The van der Waals surface area contributed by atoms with Crippen molar-refractivity contribution in [3.05, 3.63) is 72.4 Å². The van der Waals surface area contributed by atoms with Crippen molar-refractivity contribution >= 4 is 35.9 Å². The minimum Gasteiger partial charge on any atom is -0.439 e. The second kappa shape index (κ2) is 12.3. The van der Waals surface area contributed by atoms with Gasteiger partial charge in [0, 0.05) is 63.4 Å². The summed E-state index contributed by atoms with van der Waals surface area (Å²) in [5, 5.41) is 3.37. The Labute approximate surface area is 210 Å². The fraction of sp³-hybridized carbons (Fsp3) is 0.304. The Kier molecular flexibility index (Phi) is 9.16. The zero-order valence-electron chi connectivity index (χ0n) is 18.4. The molecule has 174 valence electrons. The molecule has 33 heavy (non-hydrogen) atoms. The summed E-state index contributed by atoms with van der Waals surface area (Å²) in [6.45, 7) is 6.69. The van der Waals surface area contributed by atoms with E-state index in [4.69, 9.17) is 9.73 Å². The molecule has 1 fully saturated rings. The molecule has 10 heteroatoms. The molecule has 2 aromatic heterocycles. The molecule has 1 aliphatic heterocycles. The van der Waals surface area contributed by atoms with Gasteiger partial charge in [-0.3, -0.25) is 0 Å². The molecular weight excluding hydrogens is 536 g/mol. The summed E-state index contributed by atoms with van der Waals surface area (Å²) >= 11 is 0. The van der Waals surface area contributed by atoms with Crippen molar-refractivity contribution in [2.24, 2.45) is 4.99 Å². The smallest absolute Gasteiger partial charge is 0.225 e. The van der Waals surface area contributed by atoms with Crippen molar-refractivity contribution in [3.8, 4) is 11.6 Å². The van der Waals surface area contributed by atoms with E-state index in [0.717, 1.165) is 50.2 Å². The first kappa shape index (κ1) is 24.6. The minimum absolute atomic E-state index is 0. The van der Waals surface area contributed by atoms with Gasteiger partial charge in [0.1, 0.15) is 11.6 Å². The highest BCUT2D eigenvalue weighted by Crippen LogP contribution is 2.20. The Morgan fingerprint density at radius 2 is 1.85 bits per heavy atom. The van der Waals surface area contributed by atoms with Gasteiger partial charge in [-0.15, -0.1) is 24.0 Å². The summed E-state index contributed by atoms with van der Waals surface area (Å²) in [6, 6.07) is 11.5. The maximum Gasteiger partial charge on any atom is 0.225 e. The highest BCUT2D eigenvalue weighted by atomic mass is 127. The fourth-order valence-corrected chi connectivity index (χ4v) is 3.38. The lowest BCUT2D eigenvalue weighted by molar-refractivity contribution is 0.370. The van der Waals surface area contributed by atoms with Crippen molar-refractivity contribution in [2.75, 3.05) is 37.6 Å². The summed E-state index contributed by atoms with van der Waals surface area (Å²) in [4.78, 5) is 22.2. The molecule has 0 amide bonds. The summed E-state index contributed by atoms with van der Waals surface area (Å²) in [5.74, 6) is 2.12. The van der Waals surface area contributed by atoms with Gasteiger partial charge in [-0.1, -0.05) is 12.1 Å². The Morgan fingerprint density at radius 3 is 2.52 bits per heavy atom. The molecule has 1 saturated heterocycles. The monoisotopic (exact) mass is 563 g/mol. The number of nitrogens with one attached hydrogen (secondary N) is 1. The number of piperazine rings is 1. The third-order valence-corrected chi connectivity index (χ3v) is 4.98. The van der Waals surface area contributed by atoms with Crippen LogP contribution in [0.2, 0.25) is 0 Å². The zero-order chi connectivity index (χ0) is 22.2. The molecule has 4 rings (SSSR count). The summed E-state index contributed by atoms with van der Waals surface area (Å²) in [7, 11) is 0. The second-order valence-corrected chi connectivity index (χ2v) is 7.26. The minimum atomic E-state index is -0.346. The number of pyridine rings is 1. The Bertz CT molecular complexity index is 1030. The maximum absolute atomic E-state index is 13.3. The van der Waals surface area contributed by atoms with Gasteiger partial charge in [0.05, 0.1) is 6.54 Å². The number of aromatic nitrogens is 3. The molecule has 1 N–H and O–H groups in total. The van der Waals surface area contributed by atoms with Crippen molar-refractivity contribution in [3.63, 3.8) is 0 Å². The number of rotatable bonds is 6. The molecule has 0 bridgehead atoms. The van der Waals surface area contributed by atoms with Crippen molar-refractivity contribution in [1.29, 1.82) is 0 Å². The summed E-state index contributed by atoms with van der Waals surface area (Å²) < 4.78 is 18.9. The number of ether oxygens (including phenoxy) is 1. The zero-order valence-corrected chi connectivity index (χ0v) is 20.7. The van der Waals surface area contributed by atoms with Crippen molar-refractivity contribution < 1.29 is 9.13 Å². The van der Waals surface area contributed by atoms with Crippen LogP contribution in [0, 0.1) is 5.82 Å². The SMILES string of the molecule is CCNC(=NCc1ccc(Oc2cccc(F)c2)nc1)N1CCN(c2ncccn2)CC1.I. The summed E-state index contributed by atoms with van der Waals surface area (Å²) in [5.41, 5.74) is 0.961. The van der Waals surface area contributed by atoms with Crippen LogP contribution >= 0.6 is 24.0 Å². The molecule has 0 spiro atoms. The third kappa shape index (κ3) is 6.98. The quantitative estimate of drug-likeness (QED) is 0.279. The predicted octanol–water partition coefficient (Wildman–Crippen LogP) is 3.71. The third-order valence-electron chi connectivity index (χ3n) is 4.98. The Morgan fingerprint density at radius 1 is 1.06 bits per heavy atom. The van der Waals surface area contributed by atoms with Crippen LogP contribution < -0.4 is 15.0 Å². The van der Waals surface area contributed by atoms with Crippen LogP contribution in [0.5, 0.6) is 11.6 Å².